The zero-order valence-electron chi connectivity index (χ0n) is 3.02. The predicted octanol–water partition coefficient (Wildman–Crippen LogP) is 0.218. The van der Waals surface area contributed by atoms with Crippen molar-refractivity contribution < 1.29 is 9.13 Å². The van der Waals surface area contributed by atoms with E-state index in [0.717, 1.165) is 0 Å². The molecule has 3 heteroatoms. The fourth-order valence-corrected chi connectivity index (χ4v) is 0.241. The Labute approximate surface area is 34.6 Å². The zero-order valence-corrected chi connectivity index (χ0v) is 3.02. The fraction of sp³-hybridized carbons (Fsp3) is 0.667. The topological polar surface area (TPSA) is 21.6 Å². The highest BCUT2D eigenvalue weighted by atomic mass is 19.1. The highest BCUT2D eigenvalue weighted by Gasteiger charge is 2.07. The third kappa shape index (κ3) is 0.478. The number of nitrogens with zero attached hydrogens (tertiary/aromatic N) is 1. The third-order valence-electron chi connectivity index (χ3n) is 0.480. The van der Waals surface area contributed by atoms with E-state index in [9.17, 15) is 4.39 Å². The van der Waals surface area contributed by atoms with Crippen LogP contribution in [0.2, 0.25) is 0 Å². The molecule has 1 unspecified atom stereocenters. The Morgan fingerprint density at radius 3 is 3.00 bits per heavy atom. The van der Waals surface area contributed by atoms with E-state index >= 15 is 0 Å². The molecule has 0 bridgehead atoms. The zero-order chi connectivity index (χ0) is 4.41. The number of aliphatic imine (C=N–C) groups is 1. The van der Waals surface area contributed by atoms with E-state index in [1.165, 1.54) is 0 Å². The minimum atomic E-state index is -1.23. The molecule has 0 amide bonds. The number of ether oxygens (including phenoxy) is 1. The molecule has 1 aliphatic rings. The number of alkyl halides is 1. The van der Waals surface area contributed by atoms with Gasteiger partial charge in [0.05, 0.1) is 0 Å². The normalized spacial score (nSPS) is 30.5. The molecule has 1 atom stereocenters. The van der Waals surface area contributed by atoms with Crippen LogP contribution in [0.15, 0.2) is 4.99 Å². The van der Waals surface area contributed by atoms with Crippen LogP contribution in [0, 0.1) is 0 Å². The molecule has 2 nitrogen and oxygen atoms in total. The first kappa shape index (κ1) is 3.59. The lowest BCUT2D eigenvalue weighted by molar-refractivity contribution is 0.0909. The molecule has 0 fully saturated rings. The molecule has 1 aliphatic heterocycles. The quantitative estimate of drug-likeness (QED) is 0.415. The van der Waals surface area contributed by atoms with Gasteiger partial charge >= 0.3 is 0 Å². The van der Waals surface area contributed by atoms with Crippen LogP contribution in [0.1, 0.15) is 0 Å². The third-order valence-corrected chi connectivity index (χ3v) is 0.480. The summed E-state index contributed by atoms with van der Waals surface area (Å²) in [4.78, 5) is 3.32. The van der Waals surface area contributed by atoms with Crippen LogP contribution in [-0.4, -0.2) is 19.3 Å². The largest absolute Gasteiger partial charge is 0.437 e. The van der Waals surface area contributed by atoms with Crippen molar-refractivity contribution in [3.63, 3.8) is 0 Å². The molecule has 1 radical (unpaired) electrons. The van der Waals surface area contributed by atoms with E-state index in [1.54, 1.807) is 0 Å². The first-order valence-electron chi connectivity index (χ1n) is 1.61. The van der Waals surface area contributed by atoms with E-state index in [-0.39, 0.29) is 6.54 Å². The summed E-state index contributed by atoms with van der Waals surface area (Å²) in [6, 6.07) is 0. The Bertz CT molecular complexity index is 65.2. The number of halogens is 1. The van der Waals surface area contributed by atoms with Gasteiger partial charge in [-0.05, 0) is 0 Å². The summed E-state index contributed by atoms with van der Waals surface area (Å²) in [6.45, 7) is 0.111. The molecule has 0 aromatic carbocycles. The van der Waals surface area contributed by atoms with Crippen molar-refractivity contribution in [2.24, 2.45) is 4.99 Å². The molecule has 0 saturated heterocycles. The van der Waals surface area contributed by atoms with Crippen LogP contribution in [0.4, 0.5) is 4.39 Å². The second-order valence-corrected chi connectivity index (χ2v) is 0.960. The average molecular weight is 88.1 g/mol. The Morgan fingerprint density at radius 2 is 2.83 bits per heavy atom. The molecule has 0 aliphatic carbocycles. The van der Waals surface area contributed by atoms with Gasteiger partial charge in [-0.25, -0.2) is 4.99 Å². The Hall–Kier alpha value is -0.600. The van der Waals surface area contributed by atoms with Gasteiger partial charge in [0.2, 0.25) is 0 Å². The molecule has 33 valence electrons. The summed E-state index contributed by atoms with van der Waals surface area (Å²) >= 11 is 0. The van der Waals surface area contributed by atoms with Crippen LogP contribution in [-0.2, 0) is 4.74 Å². The van der Waals surface area contributed by atoms with Gasteiger partial charge in [-0.2, -0.15) is 4.39 Å². The molecule has 0 spiro atoms. The van der Waals surface area contributed by atoms with Crippen molar-refractivity contribution >= 4 is 6.40 Å². The Kier molecular flexibility index (Phi) is 0.742. The van der Waals surface area contributed by atoms with Crippen LogP contribution < -0.4 is 0 Å². The molecular formula is C3H3FNO. The maximum atomic E-state index is 11.5. The lowest BCUT2D eigenvalue weighted by atomic mass is 10.7. The standard InChI is InChI=1S/C3H3FNO/c4-3-1-5-2-6-3/h3H,1H2. The summed E-state index contributed by atoms with van der Waals surface area (Å²) in [6.07, 6.45) is 0.791. The van der Waals surface area contributed by atoms with Crippen molar-refractivity contribution in [3.8, 4) is 0 Å². The maximum Gasteiger partial charge on any atom is 0.275 e. The highest BCUT2D eigenvalue weighted by Crippen LogP contribution is 1.96. The molecule has 0 aromatic rings. The molecule has 1 heterocycles. The van der Waals surface area contributed by atoms with Gasteiger partial charge in [0, 0.05) is 0 Å². The molecule has 0 aromatic heterocycles. The maximum absolute atomic E-state index is 11.5. The van der Waals surface area contributed by atoms with Crippen LogP contribution in [0.5, 0.6) is 0 Å². The average Bonchev–Trinajstić information content (AvgIpc) is 1.86. The molecule has 0 saturated carbocycles. The van der Waals surface area contributed by atoms with Crippen LogP contribution in [0.25, 0.3) is 0 Å². The van der Waals surface area contributed by atoms with Crippen molar-refractivity contribution in [2.75, 3.05) is 6.54 Å². The summed E-state index contributed by atoms with van der Waals surface area (Å²) in [5.74, 6) is 0. The second-order valence-electron chi connectivity index (χ2n) is 0.960. The van der Waals surface area contributed by atoms with Gasteiger partial charge in [0.25, 0.3) is 12.8 Å². The number of hydrogen-bond acceptors (Lipinski definition) is 2. The van der Waals surface area contributed by atoms with Crippen LogP contribution >= 0.6 is 0 Å². The molecule has 1 rings (SSSR count). The molecular weight excluding hydrogens is 85.0 g/mol. The van der Waals surface area contributed by atoms with Crippen LogP contribution in [0.3, 0.4) is 0 Å². The minimum absolute atomic E-state index is 0.111. The lowest BCUT2D eigenvalue weighted by Crippen LogP contribution is -1.98. The lowest BCUT2D eigenvalue weighted by Gasteiger charge is -1.88. The van der Waals surface area contributed by atoms with Gasteiger partial charge in [-0.1, -0.05) is 0 Å². The van der Waals surface area contributed by atoms with Gasteiger partial charge in [-0.3, -0.25) is 0 Å². The van der Waals surface area contributed by atoms with Crippen molar-refractivity contribution in [2.45, 2.75) is 6.36 Å². The number of rotatable bonds is 0. The van der Waals surface area contributed by atoms with Gasteiger partial charge in [-0.15, -0.1) is 0 Å². The van der Waals surface area contributed by atoms with Crippen molar-refractivity contribution in [3.05, 3.63) is 0 Å². The Balaban J connectivity index is 2.32. The van der Waals surface area contributed by atoms with E-state index < -0.39 is 6.36 Å². The first-order chi connectivity index (χ1) is 2.89. The molecule has 6 heavy (non-hydrogen) atoms. The van der Waals surface area contributed by atoms with Gasteiger partial charge in [0.15, 0.2) is 0 Å². The van der Waals surface area contributed by atoms with E-state index in [1.807, 2.05) is 6.40 Å². The Morgan fingerprint density at radius 1 is 2.00 bits per heavy atom. The van der Waals surface area contributed by atoms with Gasteiger partial charge in [0.1, 0.15) is 6.54 Å². The predicted molar refractivity (Wildman–Crippen MR) is 18.3 cm³/mol. The highest BCUT2D eigenvalue weighted by molar-refractivity contribution is 5.48. The van der Waals surface area contributed by atoms with Crippen molar-refractivity contribution in [1.29, 1.82) is 0 Å². The van der Waals surface area contributed by atoms with Crippen molar-refractivity contribution in [1.82, 2.24) is 0 Å². The first-order valence-corrected chi connectivity index (χ1v) is 1.61. The summed E-state index contributed by atoms with van der Waals surface area (Å²) in [5, 5.41) is 0. The monoisotopic (exact) mass is 88.0 g/mol. The minimum Gasteiger partial charge on any atom is -0.437 e. The number of hydrogen-bond donors (Lipinski definition) is 0. The van der Waals surface area contributed by atoms with Gasteiger partial charge < -0.3 is 4.74 Å². The summed E-state index contributed by atoms with van der Waals surface area (Å²) < 4.78 is 15.6. The SMILES string of the molecule is FC1CN=[C]O1. The smallest absolute Gasteiger partial charge is 0.275 e. The van der Waals surface area contributed by atoms with E-state index in [4.69, 9.17) is 0 Å². The van der Waals surface area contributed by atoms with E-state index in [0.29, 0.717) is 0 Å². The fourth-order valence-electron chi connectivity index (χ4n) is 0.241. The summed E-state index contributed by atoms with van der Waals surface area (Å²) in [7, 11) is 0. The second kappa shape index (κ2) is 1.24. The molecule has 0 N–H and O–H groups in total. The van der Waals surface area contributed by atoms with E-state index in [2.05, 4.69) is 9.73 Å². The summed E-state index contributed by atoms with van der Waals surface area (Å²) in [5.41, 5.74) is 0.